The topological polar surface area (TPSA) is 74.2 Å². The number of hydrogen-bond acceptors (Lipinski definition) is 6. The fraction of sp³-hybridized carbons (Fsp3) is 0.231. The second kappa shape index (κ2) is 5.11. The summed E-state index contributed by atoms with van der Waals surface area (Å²) in [6.07, 6.45) is 5.51. The van der Waals surface area contributed by atoms with Crippen LogP contribution in [0.3, 0.4) is 0 Å². The number of carbonyl (C=O) groups excluding carboxylic acids is 1. The molecule has 0 spiro atoms. The first-order valence-electron chi connectivity index (χ1n) is 5.83. The predicted octanol–water partition coefficient (Wildman–Crippen LogP) is 1.13. The molecule has 1 saturated heterocycles. The van der Waals surface area contributed by atoms with Gasteiger partial charge in [-0.3, -0.25) is 9.78 Å². The van der Waals surface area contributed by atoms with Gasteiger partial charge in [-0.25, -0.2) is 9.97 Å². The van der Waals surface area contributed by atoms with E-state index in [-0.39, 0.29) is 6.10 Å². The third kappa shape index (κ3) is 2.58. The minimum absolute atomic E-state index is 0.0720. The van der Waals surface area contributed by atoms with E-state index in [0.717, 1.165) is 5.56 Å². The Kier molecular flexibility index (Phi) is 3.16. The fourth-order valence-corrected chi connectivity index (χ4v) is 1.65. The third-order valence-electron chi connectivity index (χ3n) is 2.72. The van der Waals surface area contributed by atoms with E-state index in [1.54, 1.807) is 30.7 Å². The molecule has 2 aromatic heterocycles. The lowest BCUT2D eigenvalue weighted by Crippen LogP contribution is -2.38. The molecular formula is C13H11N3O3. The van der Waals surface area contributed by atoms with Gasteiger partial charge in [0.2, 0.25) is 5.88 Å². The summed E-state index contributed by atoms with van der Waals surface area (Å²) >= 11 is 0. The lowest BCUT2D eigenvalue weighted by Gasteiger charge is -2.25. The molecule has 0 N–H and O–H groups in total. The summed E-state index contributed by atoms with van der Waals surface area (Å²) in [5.41, 5.74) is 1.83. The van der Waals surface area contributed by atoms with Crippen LogP contribution in [0.15, 0.2) is 30.7 Å². The first-order chi connectivity index (χ1) is 9.35. The predicted molar refractivity (Wildman–Crippen MR) is 65.9 cm³/mol. The van der Waals surface area contributed by atoms with E-state index in [2.05, 4.69) is 15.0 Å². The molecule has 0 amide bonds. The molecule has 0 unspecified atom stereocenters. The average molecular weight is 257 g/mol. The van der Waals surface area contributed by atoms with Crippen molar-refractivity contribution in [3.05, 3.63) is 36.4 Å². The van der Waals surface area contributed by atoms with Crippen molar-refractivity contribution in [2.24, 2.45) is 0 Å². The molecule has 1 fully saturated rings. The van der Waals surface area contributed by atoms with E-state index in [0.29, 0.717) is 36.8 Å². The zero-order chi connectivity index (χ0) is 13.1. The Bertz CT molecular complexity index is 582. The molecule has 1 aliphatic heterocycles. The SMILES string of the molecule is O=Cc1cc(-c2cnc(OC3COC3)cn2)ccn1. The quantitative estimate of drug-likeness (QED) is 0.764. The Morgan fingerprint density at radius 1 is 1.26 bits per heavy atom. The van der Waals surface area contributed by atoms with Crippen molar-refractivity contribution in [1.82, 2.24) is 15.0 Å². The maximum atomic E-state index is 10.7. The molecule has 0 aromatic carbocycles. The molecule has 6 nitrogen and oxygen atoms in total. The summed E-state index contributed by atoms with van der Waals surface area (Å²) in [5.74, 6) is 0.474. The van der Waals surface area contributed by atoms with Crippen molar-refractivity contribution >= 4 is 6.29 Å². The Morgan fingerprint density at radius 3 is 2.79 bits per heavy atom. The normalized spacial score (nSPS) is 14.7. The van der Waals surface area contributed by atoms with Crippen molar-refractivity contribution in [2.45, 2.75) is 6.10 Å². The molecule has 3 heterocycles. The molecule has 0 aliphatic carbocycles. The highest BCUT2D eigenvalue weighted by Crippen LogP contribution is 2.18. The first-order valence-corrected chi connectivity index (χ1v) is 5.83. The van der Waals surface area contributed by atoms with Crippen LogP contribution in [0, 0.1) is 0 Å². The second-order valence-electron chi connectivity index (χ2n) is 4.10. The Morgan fingerprint density at radius 2 is 2.16 bits per heavy atom. The first kappa shape index (κ1) is 11.7. The average Bonchev–Trinajstić information content (AvgIpc) is 2.44. The van der Waals surface area contributed by atoms with Crippen molar-refractivity contribution in [2.75, 3.05) is 13.2 Å². The van der Waals surface area contributed by atoms with Gasteiger partial charge in [0.15, 0.2) is 6.29 Å². The molecule has 1 aliphatic rings. The summed E-state index contributed by atoms with van der Waals surface area (Å²) in [6, 6.07) is 3.44. The summed E-state index contributed by atoms with van der Waals surface area (Å²) < 4.78 is 10.5. The Labute approximate surface area is 109 Å². The van der Waals surface area contributed by atoms with Crippen molar-refractivity contribution < 1.29 is 14.3 Å². The van der Waals surface area contributed by atoms with Gasteiger partial charge in [0.1, 0.15) is 11.8 Å². The van der Waals surface area contributed by atoms with E-state index in [9.17, 15) is 4.79 Å². The van der Waals surface area contributed by atoms with Crippen molar-refractivity contribution in [3.8, 4) is 17.1 Å². The number of ether oxygens (including phenoxy) is 2. The minimum atomic E-state index is 0.0720. The van der Waals surface area contributed by atoms with E-state index < -0.39 is 0 Å². The van der Waals surface area contributed by atoms with Gasteiger partial charge < -0.3 is 9.47 Å². The molecule has 0 atom stereocenters. The summed E-state index contributed by atoms with van der Waals surface area (Å²) in [7, 11) is 0. The van der Waals surface area contributed by atoms with E-state index in [1.165, 1.54) is 0 Å². The van der Waals surface area contributed by atoms with Crippen LogP contribution in [0.25, 0.3) is 11.3 Å². The van der Waals surface area contributed by atoms with Gasteiger partial charge in [0.25, 0.3) is 0 Å². The number of nitrogens with zero attached hydrogens (tertiary/aromatic N) is 3. The maximum Gasteiger partial charge on any atom is 0.232 e. The standard InChI is InChI=1S/C13H11N3O3/c17-6-10-3-9(1-2-14-10)12-4-16-13(5-15-12)19-11-7-18-8-11/h1-6,11H,7-8H2. The summed E-state index contributed by atoms with van der Waals surface area (Å²) in [6.45, 7) is 1.19. The molecule has 0 radical (unpaired) electrons. The van der Waals surface area contributed by atoms with Gasteiger partial charge in [-0.2, -0.15) is 0 Å². The Hall–Kier alpha value is -2.34. The van der Waals surface area contributed by atoms with Crippen molar-refractivity contribution in [3.63, 3.8) is 0 Å². The number of rotatable bonds is 4. The third-order valence-corrected chi connectivity index (χ3v) is 2.72. The van der Waals surface area contributed by atoms with Gasteiger partial charge in [-0.05, 0) is 12.1 Å². The highest BCUT2D eigenvalue weighted by atomic mass is 16.6. The van der Waals surface area contributed by atoms with Crippen molar-refractivity contribution in [1.29, 1.82) is 0 Å². The lowest BCUT2D eigenvalue weighted by molar-refractivity contribution is -0.0814. The molecule has 0 bridgehead atoms. The molecule has 96 valence electrons. The molecule has 19 heavy (non-hydrogen) atoms. The summed E-state index contributed by atoms with van der Waals surface area (Å²) in [5, 5.41) is 0. The second-order valence-corrected chi connectivity index (χ2v) is 4.10. The van der Waals surface area contributed by atoms with Crippen LogP contribution in [0.1, 0.15) is 10.5 Å². The smallest absolute Gasteiger partial charge is 0.232 e. The Balaban J connectivity index is 1.78. The van der Waals surface area contributed by atoms with Crippen LogP contribution in [0.2, 0.25) is 0 Å². The molecule has 6 heteroatoms. The van der Waals surface area contributed by atoms with Gasteiger partial charge in [0.05, 0.1) is 31.3 Å². The van der Waals surface area contributed by atoms with Crippen LogP contribution < -0.4 is 4.74 Å². The highest BCUT2D eigenvalue weighted by molar-refractivity contribution is 5.75. The molecule has 0 saturated carbocycles. The van der Waals surface area contributed by atoms with E-state index in [4.69, 9.17) is 9.47 Å². The van der Waals surface area contributed by atoms with Gasteiger partial charge in [0, 0.05) is 11.8 Å². The zero-order valence-electron chi connectivity index (χ0n) is 10.0. The van der Waals surface area contributed by atoms with Crippen LogP contribution in [0.4, 0.5) is 0 Å². The lowest BCUT2D eigenvalue weighted by atomic mass is 10.2. The fourth-order valence-electron chi connectivity index (χ4n) is 1.65. The van der Waals surface area contributed by atoms with Gasteiger partial charge >= 0.3 is 0 Å². The number of hydrogen-bond donors (Lipinski definition) is 0. The van der Waals surface area contributed by atoms with E-state index >= 15 is 0 Å². The van der Waals surface area contributed by atoms with Crippen LogP contribution >= 0.6 is 0 Å². The number of pyridine rings is 1. The molecule has 2 aromatic rings. The largest absolute Gasteiger partial charge is 0.468 e. The minimum Gasteiger partial charge on any atom is -0.468 e. The monoisotopic (exact) mass is 257 g/mol. The van der Waals surface area contributed by atoms with Crippen LogP contribution in [-0.4, -0.2) is 40.6 Å². The highest BCUT2D eigenvalue weighted by Gasteiger charge is 2.20. The van der Waals surface area contributed by atoms with Crippen LogP contribution in [0.5, 0.6) is 5.88 Å². The molecule has 3 rings (SSSR count). The molecular weight excluding hydrogens is 246 g/mol. The summed E-state index contributed by atoms with van der Waals surface area (Å²) in [4.78, 5) is 23.0. The maximum absolute atomic E-state index is 10.7. The van der Waals surface area contributed by atoms with Gasteiger partial charge in [-0.15, -0.1) is 0 Å². The van der Waals surface area contributed by atoms with E-state index in [1.807, 2.05) is 0 Å². The van der Waals surface area contributed by atoms with Gasteiger partial charge in [-0.1, -0.05) is 0 Å². The van der Waals surface area contributed by atoms with Crippen LogP contribution in [-0.2, 0) is 4.74 Å². The number of aromatic nitrogens is 3. The number of carbonyl (C=O) groups is 1. The zero-order valence-corrected chi connectivity index (χ0v) is 10.0. The number of aldehydes is 1.